The van der Waals surface area contributed by atoms with Crippen LogP contribution >= 0.6 is 0 Å². The fraction of sp³-hybridized carbons (Fsp3) is 0.294. The summed E-state index contributed by atoms with van der Waals surface area (Å²) in [6.45, 7) is 9.74. The standard InChI is InChI=1S/C17H19NO/c1-10-6-8-15(9-7-10)18-16-11(2)13(4)17(19)14(5)12(16)3/h6-9H,1-5H3. The summed E-state index contributed by atoms with van der Waals surface area (Å²) in [5.41, 5.74) is 6.63. The topological polar surface area (TPSA) is 29.4 Å². The van der Waals surface area contributed by atoms with Gasteiger partial charge in [0, 0.05) is 11.1 Å². The molecule has 0 atom stereocenters. The smallest absolute Gasteiger partial charge is 0.185 e. The van der Waals surface area contributed by atoms with Crippen LogP contribution in [0.4, 0.5) is 5.69 Å². The first kappa shape index (κ1) is 13.5. The molecular weight excluding hydrogens is 234 g/mol. The number of Topliss-reactive ketones (excluding diaryl/α,β-unsaturated/α-hetero) is 1. The number of aryl methyl sites for hydroxylation is 1. The minimum Gasteiger partial charge on any atom is -0.289 e. The number of hydrogen-bond donors (Lipinski definition) is 0. The van der Waals surface area contributed by atoms with Crippen molar-refractivity contribution in [3.8, 4) is 0 Å². The summed E-state index contributed by atoms with van der Waals surface area (Å²) in [6.07, 6.45) is 0. The molecule has 0 spiro atoms. The molecule has 0 aliphatic heterocycles. The Morgan fingerprint density at radius 2 is 1.21 bits per heavy atom. The van der Waals surface area contributed by atoms with E-state index in [1.54, 1.807) is 0 Å². The highest BCUT2D eigenvalue weighted by Gasteiger charge is 2.23. The Morgan fingerprint density at radius 1 is 0.737 bits per heavy atom. The summed E-state index contributed by atoms with van der Waals surface area (Å²) >= 11 is 0. The number of allylic oxidation sites excluding steroid dienone is 4. The molecule has 0 fully saturated rings. The molecule has 2 nitrogen and oxygen atoms in total. The highest BCUT2D eigenvalue weighted by molar-refractivity contribution is 6.26. The molecule has 0 saturated heterocycles. The maximum absolute atomic E-state index is 12.0. The lowest BCUT2D eigenvalue weighted by Gasteiger charge is -2.19. The Morgan fingerprint density at radius 3 is 1.68 bits per heavy atom. The molecule has 0 unspecified atom stereocenters. The minimum absolute atomic E-state index is 0.137. The van der Waals surface area contributed by atoms with Crippen LogP contribution in [0.3, 0.4) is 0 Å². The Labute approximate surface area is 114 Å². The third-order valence-electron chi connectivity index (χ3n) is 3.79. The lowest BCUT2D eigenvalue weighted by atomic mass is 9.86. The van der Waals surface area contributed by atoms with Crippen LogP contribution in [0.5, 0.6) is 0 Å². The second-order valence-electron chi connectivity index (χ2n) is 5.13. The Kier molecular flexibility index (Phi) is 3.52. The van der Waals surface area contributed by atoms with E-state index in [0.717, 1.165) is 33.7 Å². The van der Waals surface area contributed by atoms with Gasteiger partial charge in [-0.2, -0.15) is 0 Å². The van der Waals surface area contributed by atoms with E-state index in [1.807, 2.05) is 52.0 Å². The van der Waals surface area contributed by atoms with Gasteiger partial charge in [-0.25, -0.2) is 4.99 Å². The molecule has 0 saturated carbocycles. The van der Waals surface area contributed by atoms with Crippen LogP contribution in [0.1, 0.15) is 33.3 Å². The molecule has 1 aliphatic rings. The van der Waals surface area contributed by atoms with Gasteiger partial charge < -0.3 is 0 Å². The lowest BCUT2D eigenvalue weighted by Crippen LogP contribution is -2.19. The van der Waals surface area contributed by atoms with Gasteiger partial charge in [-0.1, -0.05) is 17.7 Å². The molecule has 19 heavy (non-hydrogen) atoms. The lowest BCUT2D eigenvalue weighted by molar-refractivity contribution is -0.112. The number of nitrogens with zero attached hydrogens (tertiary/aromatic N) is 1. The number of aliphatic imine (C=N–C) groups is 1. The van der Waals surface area contributed by atoms with Gasteiger partial charge in [0.1, 0.15) is 0 Å². The van der Waals surface area contributed by atoms with Crippen molar-refractivity contribution in [1.29, 1.82) is 0 Å². The molecule has 0 amide bonds. The molecule has 0 heterocycles. The van der Waals surface area contributed by atoms with Crippen molar-refractivity contribution < 1.29 is 4.79 Å². The van der Waals surface area contributed by atoms with Crippen molar-refractivity contribution in [3.05, 3.63) is 52.1 Å². The SMILES string of the molecule is CC1=C(C)C(=Nc2ccc(C)cc2)C(C)=C(C)C1=O. The van der Waals surface area contributed by atoms with Gasteiger partial charge >= 0.3 is 0 Å². The molecule has 0 N–H and O–H groups in total. The quantitative estimate of drug-likeness (QED) is 0.685. The molecular formula is C17H19NO. The van der Waals surface area contributed by atoms with Gasteiger partial charge in [0.25, 0.3) is 0 Å². The van der Waals surface area contributed by atoms with Crippen LogP contribution in [-0.4, -0.2) is 11.5 Å². The van der Waals surface area contributed by atoms with Crippen molar-refractivity contribution in [2.45, 2.75) is 34.6 Å². The average Bonchev–Trinajstić information content (AvgIpc) is 2.41. The molecule has 1 aliphatic carbocycles. The third kappa shape index (κ3) is 2.43. The minimum atomic E-state index is 0.137. The van der Waals surface area contributed by atoms with Crippen molar-refractivity contribution in [2.24, 2.45) is 4.99 Å². The van der Waals surface area contributed by atoms with E-state index in [1.165, 1.54) is 5.56 Å². The van der Waals surface area contributed by atoms with Crippen LogP contribution in [0.25, 0.3) is 0 Å². The van der Waals surface area contributed by atoms with Crippen LogP contribution in [0.2, 0.25) is 0 Å². The zero-order chi connectivity index (χ0) is 14.2. The predicted molar refractivity (Wildman–Crippen MR) is 80.0 cm³/mol. The van der Waals surface area contributed by atoms with Gasteiger partial charge in [-0.15, -0.1) is 0 Å². The first-order chi connectivity index (χ1) is 8.91. The third-order valence-corrected chi connectivity index (χ3v) is 3.79. The van der Waals surface area contributed by atoms with E-state index in [2.05, 4.69) is 6.92 Å². The van der Waals surface area contributed by atoms with Gasteiger partial charge in [-0.3, -0.25) is 4.79 Å². The number of carbonyl (C=O) groups excluding carboxylic acids is 1. The largest absolute Gasteiger partial charge is 0.289 e. The molecule has 0 bridgehead atoms. The number of ketones is 1. The van der Waals surface area contributed by atoms with Gasteiger partial charge in [0.15, 0.2) is 5.78 Å². The predicted octanol–water partition coefficient (Wildman–Crippen LogP) is 4.32. The summed E-state index contributed by atoms with van der Waals surface area (Å²) in [5, 5.41) is 0. The summed E-state index contributed by atoms with van der Waals surface area (Å²) in [5.74, 6) is 0.137. The fourth-order valence-electron chi connectivity index (χ4n) is 2.17. The number of benzene rings is 1. The number of carbonyl (C=O) groups is 1. The molecule has 2 rings (SSSR count). The van der Waals surface area contributed by atoms with E-state index < -0.39 is 0 Å². The zero-order valence-corrected chi connectivity index (χ0v) is 12.2. The van der Waals surface area contributed by atoms with Crippen molar-refractivity contribution in [3.63, 3.8) is 0 Å². The summed E-state index contributed by atoms with van der Waals surface area (Å²) in [7, 11) is 0. The number of hydrogen-bond acceptors (Lipinski definition) is 2. The number of rotatable bonds is 1. The second kappa shape index (κ2) is 4.96. The van der Waals surface area contributed by atoms with Gasteiger partial charge in [-0.05, 0) is 57.9 Å². The fourth-order valence-corrected chi connectivity index (χ4v) is 2.17. The van der Waals surface area contributed by atoms with Crippen molar-refractivity contribution >= 4 is 17.2 Å². The Bertz CT molecular complexity index is 598. The molecule has 0 aromatic heterocycles. The van der Waals surface area contributed by atoms with E-state index >= 15 is 0 Å². The Hall–Kier alpha value is -1.96. The highest BCUT2D eigenvalue weighted by Crippen LogP contribution is 2.27. The maximum atomic E-state index is 12.0. The monoisotopic (exact) mass is 253 g/mol. The maximum Gasteiger partial charge on any atom is 0.185 e. The van der Waals surface area contributed by atoms with Crippen LogP contribution in [-0.2, 0) is 4.79 Å². The van der Waals surface area contributed by atoms with E-state index in [0.29, 0.717) is 0 Å². The van der Waals surface area contributed by atoms with Crippen LogP contribution < -0.4 is 0 Å². The van der Waals surface area contributed by atoms with Crippen molar-refractivity contribution in [2.75, 3.05) is 0 Å². The normalized spacial score (nSPS) is 16.3. The zero-order valence-electron chi connectivity index (χ0n) is 12.2. The van der Waals surface area contributed by atoms with E-state index in [-0.39, 0.29) is 5.78 Å². The molecule has 2 heteroatoms. The molecule has 1 aromatic rings. The molecule has 98 valence electrons. The van der Waals surface area contributed by atoms with Crippen molar-refractivity contribution in [1.82, 2.24) is 0 Å². The summed E-state index contributed by atoms with van der Waals surface area (Å²) in [4.78, 5) is 16.7. The van der Waals surface area contributed by atoms with E-state index in [9.17, 15) is 4.79 Å². The molecule has 1 aromatic carbocycles. The summed E-state index contributed by atoms with van der Waals surface area (Å²) in [6, 6.07) is 8.10. The first-order valence-electron chi connectivity index (χ1n) is 6.47. The van der Waals surface area contributed by atoms with Gasteiger partial charge in [0.05, 0.1) is 11.4 Å². The molecule has 0 radical (unpaired) electrons. The van der Waals surface area contributed by atoms with E-state index in [4.69, 9.17) is 4.99 Å². The van der Waals surface area contributed by atoms with Crippen LogP contribution in [0.15, 0.2) is 51.6 Å². The summed E-state index contributed by atoms with van der Waals surface area (Å²) < 4.78 is 0. The van der Waals surface area contributed by atoms with Gasteiger partial charge in [0.2, 0.25) is 0 Å². The first-order valence-corrected chi connectivity index (χ1v) is 6.47. The Balaban J connectivity index is 2.54. The second-order valence-corrected chi connectivity index (χ2v) is 5.13. The highest BCUT2D eigenvalue weighted by atomic mass is 16.1. The van der Waals surface area contributed by atoms with Crippen LogP contribution in [0, 0.1) is 6.92 Å². The average molecular weight is 253 g/mol.